The van der Waals surface area contributed by atoms with Crippen molar-refractivity contribution in [2.75, 3.05) is 0 Å². The number of hydrogen-bond acceptors (Lipinski definition) is 9. The summed E-state index contributed by atoms with van der Waals surface area (Å²) < 4.78 is 14.7. The van der Waals surface area contributed by atoms with Crippen molar-refractivity contribution in [3.63, 3.8) is 0 Å². The van der Waals surface area contributed by atoms with Crippen molar-refractivity contribution >= 4 is 160 Å². The van der Waals surface area contributed by atoms with Crippen LogP contribution in [0, 0.1) is 0 Å². The summed E-state index contributed by atoms with van der Waals surface area (Å²) in [4.78, 5) is 34.5. The van der Waals surface area contributed by atoms with Crippen molar-refractivity contribution in [3.8, 4) is 119 Å². The molecule has 0 amide bonds. The van der Waals surface area contributed by atoms with Gasteiger partial charge in [0, 0.05) is 138 Å². The SMILES string of the molecule is CC1(C)c2ccccc2-c2c1c1c3c(ccc1n2-c1nc(-c2cccc(CC4(C)c5ccccc5-c5c4c4ccc6c7ccccc7sc6c4n5-c4nc(-c5ccccc5)c5cc(-c6ccccc6)ccc5n4)c2)c2ccccc2n1)sc1cc(-c2ccc(-c4ccc5nc(-n6c7c(c8c9c(ccc86)sc6ccccc69)C(C)(C)c6ccccc6-7)nc(-c6ccccc6)c5c4)cc2)ccc13. The van der Waals surface area contributed by atoms with Crippen molar-refractivity contribution in [2.24, 2.45) is 0 Å². The molecule has 26 aromatic rings. The maximum Gasteiger partial charge on any atom is 0.235 e. The Hall–Kier alpha value is -16.0. The summed E-state index contributed by atoms with van der Waals surface area (Å²) in [5.41, 5.74) is 33.4. The number of para-hydroxylation sites is 1. The highest BCUT2D eigenvalue weighted by molar-refractivity contribution is 7.27. The Bertz CT molecular complexity index is 9690. The molecule has 1 unspecified atom stereocenters. The van der Waals surface area contributed by atoms with Gasteiger partial charge in [0.05, 0.1) is 72.0 Å². The Labute approximate surface area is 788 Å². The van der Waals surface area contributed by atoms with Crippen LogP contribution in [0.4, 0.5) is 0 Å². The van der Waals surface area contributed by atoms with Crippen LogP contribution in [0.15, 0.2) is 376 Å². The highest BCUT2D eigenvalue weighted by Crippen LogP contribution is 2.61. The van der Waals surface area contributed by atoms with Gasteiger partial charge in [0.1, 0.15) is 0 Å². The molecule has 9 aromatic heterocycles. The molecule has 0 bridgehead atoms. The second kappa shape index (κ2) is 28.3. The lowest BCUT2D eigenvalue weighted by molar-refractivity contribution is 0.588. The third-order valence-electron chi connectivity index (χ3n) is 29.9. The van der Waals surface area contributed by atoms with E-state index in [2.05, 4.69) is 424 Å². The van der Waals surface area contributed by atoms with Gasteiger partial charge in [0.2, 0.25) is 17.8 Å². The normalized spacial score (nSPS) is 14.6. The van der Waals surface area contributed by atoms with Crippen molar-refractivity contribution in [1.29, 1.82) is 0 Å². The number of thiophene rings is 3. The lowest BCUT2D eigenvalue weighted by atomic mass is 9.74. The molecule has 9 nitrogen and oxygen atoms in total. The van der Waals surface area contributed by atoms with Gasteiger partial charge in [0.15, 0.2) is 0 Å². The van der Waals surface area contributed by atoms with Crippen LogP contribution >= 0.6 is 34.0 Å². The van der Waals surface area contributed by atoms with E-state index in [0.717, 1.165) is 122 Å². The first-order valence-electron chi connectivity index (χ1n) is 46.4. The van der Waals surface area contributed by atoms with Crippen LogP contribution in [0.5, 0.6) is 0 Å². The second-order valence-corrected chi connectivity index (χ2v) is 41.3. The third kappa shape index (κ3) is 10.9. The van der Waals surface area contributed by atoms with E-state index in [1.807, 2.05) is 34.0 Å². The molecule has 3 aliphatic rings. The van der Waals surface area contributed by atoms with E-state index in [1.165, 1.54) is 144 Å². The Morgan fingerprint density at radius 3 is 1.24 bits per heavy atom. The van der Waals surface area contributed by atoms with Crippen LogP contribution in [-0.4, -0.2) is 43.6 Å². The van der Waals surface area contributed by atoms with Gasteiger partial charge >= 0.3 is 0 Å². The predicted molar refractivity (Wildman–Crippen MR) is 565 cm³/mol. The van der Waals surface area contributed by atoms with E-state index in [0.29, 0.717) is 24.3 Å². The molecular formula is C123H79N9S3. The van der Waals surface area contributed by atoms with Crippen molar-refractivity contribution in [2.45, 2.75) is 57.3 Å². The topological polar surface area (TPSA) is 92.1 Å². The fraction of sp³-hybridized carbons (Fsp3) is 0.0732. The number of fused-ring (bicyclic) bond motifs is 30. The summed E-state index contributed by atoms with van der Waals surface area (Å²) in [5.74, 6) is 1.95. The molecule has 29 rings (SSSR count). The number of nitrogens with zero attached hydrogens (tertiary/aromatic N) is 9. The third-order valence-corrected chi connectivity index (χ3v) is 33.3. The van der Waals surface area contributed by atoms with Crippen molar-refractivity contribution in [3.05, 3.63) is 415 Å². The lowest BCUT2D eigenvalue weighted by Crippen LogP contribution is -2.24. The average molecular weight is 1780 g/mol. The summed E-state index contributed by atoms with van der Waals surface area (Å²) in [6, 6.07) is 138. The minimum atomic E-state index is -0.528. The first kappa shape index (κ1) is 76.7. The fourth-order valence-electron chi connectivity index (χ4n) is 23.9. The molecule has 0 N–H and O–H groups in total. The quantitative estimate of drug-likeness (QED) is 0.128. The van der Waals surface area contributed by atoms with E-state index in [1.54, 1.807) is 0 Å². The Balaban J connectivity index is 0.537. The molecule has 1 atom stereocenters. The van der Waals surface area contributed by atoms with E-state index in [9.17, 15) is 0 Å². The molecule has 0 spiro atoms. The van der Waals surface area contributed by atoms with Gasteiger partial charge < -0.3 is 0 Å². The maximum atomic E-state index is 5.93. The van der Waals surface area contributed by atoms with Crippen LogP contribution in [0.1, 0.15) is 73.6 Å². The summed E-state index contributed by atoms with van der Waals surface area (Å²) in [5, 5.41) is 14.3. The van der Waals surface area contributed by atoms with Gasteiger partial charge in [-0.2, -0.15) is 0 Å². The Morgan fingerprint density at radius 2 is 0.652 bits per heavy atom. The predicted octanol–water partition coefficient (Wildman–Crippen LogP) is 32.6. The van der Waals surface area contributed by atoms with Gasteiger partial charge in [-0.25, -0.2) is 29.9 Å². The molecular weight excluding hydrogens is 1700 g/mol. The highest BCUT2D eigenvalue weighted by atomic mass is 32.1. The van der Waals surface area contributed by atoms with Gasteiger partial charge in [-0.05, 0) is 158 Å². The van der Waals surface area contributed by atoms with Crippen molar-refractivity contribution in [1.82, 2.24) is 43.6 Å². The molecule has 0 aliphatic heterocycles. The molecule has 17 aromatic carbocycles. The first-order chi connectivity index (χ1) is 66.3. The van der Waals surface area contributed by atoms with E-state index < -0.39 is 5.41 Å². The zero-order valence-corrected chi connectivity index (χ0v) is 76.7. The lowest BCUT2D eigenvalue weighted by Gasteiger charge is -2.28. The van der Waals surface area contributed by atoms with Crippen LogP contribution in [0.2, 0.25) is 0 Å². The molecule has 135 heavy (non-hydrogen) atoms. The highest BCUT2D eigenvalue weighted by Gasteiger charge is 2.47. The molecule has 0 radical (unpaired) electrons. The first-order valence-corrected chi connectivity index (χ1v) is 48.9. The number of rotatable bonds is 11. The number of benzene rings is 17. The standard InChI is InChI=1S/C123H79N9S3/c1-121(2)90-42-21-15-37-81(90)114-108(121)105-96(60-62-100-103(105)85-41-20-26-47-99(85)133-100)131(114)119-125-94-59-54-76(66-89(94)110(127-119)73-31-11-7-12-32-73)71-48-50-72(51-49-71)77-52-55-86-102(67-77)134-101-63-61-97-106(104(86)101)109-115(82-38-16-22-43-91(82)122(109,3)4)130(97)118-124-93-45-24-18-40-84(93)112(129-118)78-35-27-28-69(64-78)68-123(5)92-44-23-17-39-83(92)113-107(123)87-57-56-80-79-36-19-25-46-98(79)135-117(80)116(87)132(113)120-126-95-58-53-75(70-29-9-6-10-30-70)65-88(95)111(128-120)74-33-13-8-14-34-74/h6-67H,68H2,1-5H3. The van der Waals surface area contributed by atoms with E-state index in [4.69, 9.17) is 29.9 Å². The van der Waals surface area contributed by atoms with E-state index in [-0.39, 0.29) is 10.8 Å². The van der Waals surface area contributed by atoms with Crippen LogP contribution in [0.3, 0.4) is 0 Å². The summed E-state index contributed by atoms with van der Waals surface area (Å²) >= 11 is 5.60. The van der Waals surface area contributed by atoms with Crippen LogP contribution in [0.25, 0.3) is 245 Å². The smallest absolute Gasteiger partial charge is 0.235 e. The van der Waals surface area contributed by atoms with Gasteiger partial charge in [0.25, 0.3) is 0 Å². The summed E-state index contributed by atoms with van der Waals surface area (Å²) in [7, 11) is 0. The molecule has 3 aliphatic carbocycles. The second-order valence-electron chi connectivity index (χ2n) is 38.1. The Kier molecular flexibility index (Phi) is 16.1. The largest absolute Gasteiger partial charge is 0.278 e. The number of aromatic nitrogens is 9. The van der Waals surface area contributed by atoms with E-state index >= 15 is 0 Å². The zero-order chi connectivity index (χ0) is 89.2. The van der Waals surface area contributed by atoms with Crippen LogP contribution < -0.4 is 0 Å². The average Bonchev–Trinajstić information content (AvgIpc) is 1.52. The molecule has 0 saturated carbocycles. The van der Waals surface area contributed by atoms with Gasteiger partial charge in [-0.15, -0.1) is 34.0 Å². The van der Waals surface area contributed by atoms with Gasteiger partial charge in [-0.3, -0.25) is 13.7 Å². The summed E-state index contributed by atoms with van der Waals surface area (Å²) in [6.07, 6.45) is 0.699. The maximum absolute atomic E-state index is 5.93. The molecule has 9 heterocycles. The molecule has 634 valence electrons. The van der Waals surface area contributed by atoms with Crippen LogP contribution in [-0.2, 0) is 22.7 Å². The summed E-state index contributed by atoms with van der Waals surface area (Å²) in [6.45, 7) is 12.1. The minimum absolute atomic E-state index is 0.273. The Morgan fingerprint density at radius 1 is 0.244 bits per heavy atom. The molecule has 0 fully saturated rings. The molecule has 12 heteroatoms. The van der Waals surface area contributed by atoms with Gasteiger partial charge in [-0.1, -0.05) is 332 Å². The zero-order valence-electron chi connectivity index (χ0n) is 74.3. The fourth-order valence-corrected chi connectivity index (χ4v) is 27.4. The number of hydrogen-bond donors (Lipinski definition) is 0. The minimum Gasteiger partial charge on any atom is -0.278 e. The van der Waals surface area contributed by atoms with Crippen molar-refractivity contribution < 1.29 is 0 Å². The molecule has 0 saturated heterocycles. The monoisotopic (exact) mass is 1780 g/mol.